The van der Waals surface area contributed by atoms with Crippen molar-refractivity contribution in [3.05, 3.63) is 140 Å². The van der Waals surface area contributed by atoms with Crippen molar-refractivity contribution in [2.75, 3.05) is 52.5 Å². The lowest BCUT2D eigenvalue weighted by atomic mass is 9.86. The second-order valence-corrected chi connectivity index (χ2v) is 24.2. The molecule has 4 aliphatic rings. The molecule has 14 nitrogen and oxygen atoms in total. The van der Waals surface area contributed by atoms with Gasteiger partial charge in [0, 0.05) is 82.7 Å². The summed E-state index contributed by atoms with van der Waals surface area (Å²) in [7, 11) is 0. The van der Waals surface area contributed by atoms with Crippen LogP contribution in [-0.4, -0.2) is 151 Å². The number of alkyl halides is 4. The van der Waals surface area contributed by atoms with E-state index >= 15 is 17.6 Å². The van der Waals surface area contributed by atoms with Crippen LogP contribution >= 0.6 is 0 Å². The summed E-state index contributed by atoms with van der Waals surface area (Å²) in [5, 5.41) is 19.5. The van der Waals surface area contributed by atoms with E-state index in [0.29, 0.717) is 21.9 Å². The number of carbonyl (C=O) groups is 4. The Hall–Kier alpha value is -7.02. The molecule has 2 saturated heterocycles. The Labute approximate surface area is 476 Å². The van der Waals surface area contributed by atoms with E-state index < -0.39 is 155 Å². The number of halogens is 10. The number of aliphatic hydroxyl groups is 2. The average molecular weight is 1190 g/mol. The molecular formula is C60H64F10N6O8. The molecule has 0 unspecified atom stereocenters. The smallest absolute Gasteiger partial charge is 0.410 e. The first-order valence-electron chi connectivity index (χ1n) is 27.3. The maximum absolute atomic E-state index is 15.8. The number of ether oxygens (including phenoxy) is 2. The molecule has 6 aromatic rings. The molecule has 2 amide bonds. The Kier molecular flexibility index (Phi) is 16.7. The van der Waals surface area contributed by atoms with E-state index in [-0.39, 0.29) is 72.6 Å². The van der Waals surface area contributed by atoms with Crippen molar-refractivity contribution in [3.63, 3.8) is 0 Å². The van der Waals surface area contributed by atoms with Gasteiger partial charge in [0.05, 0.1) is 48.0 Å². The molecule has 4 aliphatic heterocycles. The summed E-state index contributed by atoms with van der Waals surface area (Å²) < 4.78 is 161. The summed E-state index contributed by atoms with van der Waals surface area (Å²) in [6.07, 6.45) is -0.828. The highest BCUT2D eigenvalue weighted by Gasteiger charge is 2.47. The van der Waals surface area contributed by atoms with E-state index in [2.05, 4.69) is 9.97 Å². The van der Waals surface area contributed by atoms with Crippen molar-refractivity contribution in [2.24, 2.45) is 11.8 Å². The number of nitrogens with one attached hydrogen (secondary N) is 2. The number of nitrogens with zero attached hydrogens (tertiary/aromatic N) is 4. The van der Waals surface area contributed by atoms with E-state index in [4.69, 9.17) is 9.47 Å². The van der Waals surface area contributed by atoms with E-state index in [1.54, 1.807) is 67.5 Å². The van der Waals surface area contributed by atoms with Crippen LogP contribution in [-0.2, 0) is 22.3 Å². The molecule has 4 atom stereocenters. The summed E-state index contributed by atoms with van der Waals surface area (Å²) in [4.78, 5) is 61.3. The van der Waals surface area contributed by atoms with Gasteiger partial charge in [-0.15, -0.1) is 0 Å². The molecule has 6 heterocycles. The third kappa shape index (κ3) is 12.3. The fourth-order valence-electron chi connectivity index (χ4n) is 11.5. The van der Waals surface area contributed by atoms with E-state index in [1.807, 2.05) is 0 Å². The Balaban J connectivity index is 0.000000202. The number of Topliss-reactive ketones (excluding diaryl/α,β-unsaturated/α-hetero) is 2. The van der Waals surface area contributed by atoms with Crippen LogP contribution in [0.5, 0.6) is 0 Å². The Morgan fingerprint density at radius 3 is 1.15 bits per heavy atom. The summed E-state index contributed by atoms with van der Waals surface area (Å²) in [6, 6.07) is 7.95. The largest absolute Gasteiger partial charge is 0.444 e. The molecule has 0 spiro atoms. The van der Waals surface area contributed by atoms with Crippen LogP contribution in [0, 0.1) is 46.7 Å². The number of aliphatic hydroxyl groups excluding tert-OH is 2. The number of H-pyrrole nitrogens is 2. The number of aromatic amines is 2. The number of hydrogen-bond acceptors (Lipinski definition) is 10. The number of benzene rings is 4. The maximum atomic E-state index is 15.8. The van der Waals surface area contributed by atoms with Crippen LogP contribution < -0.4 is 0 Å². The van der Waals surface area contributed by atoms with Gasteiger partial charge in [-0.25, -0.2) is 53.5 Å². The summed E-state index contributed by atoms with van der Waals surface area (Å²) >= 11 is 0. The molecule has 0 saturated carbocycles. The predicted octanol–water partition coefficient (Wildman–Crippen LogP) is 11.2. The van der Waals surface area contributed by atoms with Crippen molar-refractivity contribution in [3.8, 4) is 0 Å². The third-order valence-electron chi connectivity index (χ3n) is 15.6. The minimum Gasteiger partial charge on any atom is -0.444 e. The van der Waals surface area contributed by atoms with Crippen molar-refractivity contribution in [2.45, 2.75) is 115 Å². The van der Waals surface area contributed by atoms with Crippen LogP contribution in [0.3, 0.4) is 0 Å². The molecule has 2 fully saturated rings. The standard InChI is InChI=1S/2C30H32F5N3O4/c2*1-15-8-19-18-6-5-7-20(31)24(18)36-25(19)26(38(15)13-30(34,35)14-39)23-21(32)9-16(10-22(23)33)27(40)17-11-37(12-17)28(41)42-29(2,3)4/h2*5-7,9-10,15,17,26,36,39H,8,11-14H2,1-4H3/t2*15-,26-/m10/s1. The number of rotatable bonds is 12. The molecule has 0 aliphatic carbocycles. The SMILES string of the molecule is C[C@@H]1Cc2c([nH]c3c(F)cccc23)[C@@H](c2c(F)cc(C(=O)C3CN(C(=O)OC(C)(C)C)C3)cc2F)N1CC(F)(F)CO.C[C@H]1Cc2c([nH]c3c(F)cccc23)[C@H](c2c(F)cc(C(=O)C3CN(C(=O)OC(C)(C)C)C3)cc2F)N1CC(F)(F)CO. The van der Waals surface area contributed by atoms with Gasteiger partial charge in [0.2, 0.25) is 0 Å². The molecule has 4 aromatic carbocycles. The maximum Gasteiger partial charge on any atom is 0.410 e. The highest BCUT2D eigenvalue weighted by atomic mass is 19.3. The molecule has 10 rings (SSSR count). The van der Waals surface area contributed by atoms with Crippen LogP contribution in [0.1, 0.15) is 122 Å². The first-order chi connectivity index (χ1) is 39.2. The molecule has 0 radical (unpaired) electrons. The fourth-order valence-corrected chi connectivity index (χ4v) is 11.5. The number of amides is 2. The molecule has 2 aromatic heterocycles. The van der Waals surface area contributed by atoms with Crippen molar-refractivity contribution >= 4 is 45.6 Å². The lowest BCUT2D eigenvalue weighted by Crippen LogP contribution is -2.54. The minimum atomic E-state index is -3.59. The van der Waals surface area contributed by atoms with Gasteiger partial charge in [0.1, 0.15) is 59.3 Å². The molecule has 0 bridgehead atoms. The van der Waals surface area contributed by atoms with E-state index in [1.165, 1.54) is 43.9 Å². The number of aromatic nitrogens is 2. The Bertz CT molecular complexity index is 3270. The second-order valence-electron chi connectivity index (χ2n) is 24.2. The first-order valence-corrected chi connectivity index (χ1v) is 27.3. The van der Waals surface area contributed by atoms with Crippen molar-refractivity contribution in [1.82, 2.24) is 29.6 Å². The lowest BCUT2D eigenvalue weighted by Gasteiger charge is -2.42. The average Bonchev–Trinajstić information content (AvgIpc) is 3.23. The lowest BCUT2D eigenvalue weighted by molar-refractivity contribution is -0.0870. The van der Waals surface area contributed by atoms with Crippen LogP contribution in [0.15, 0.2) is 60.7 Å². The molecule has 24 heteroatoms. The number of ketones is 2. The van der Waals surface area contributed by atoms with Gasteiger partial charge in [-0.3, -0.25) is 19.4 Å². The van der Waals surface area contributed by atoms with Gasteiger partial charge in [-0.2, -0.15) is 0 Å². The topological polar surface area (TPSA) is 172 Å². The second kappa shape index (κ2) is 22.8. The van der Waals surface area contributed by atoms with Crippen LogP contribution in [0.25, 0.3) is 21.8 Å². The van der Waals surface area contributed by atoms with Crippen molar-refractivity contribution < 1.29 is 82.8 Å². The van der Waals surface area contributed by atoms with Crippen molar-refractivity contribution in [1.29, 1.82) is 0 Å². The Morgan fingerprint density at radius 2 is 0.857 bits per heavy atom. The zero-order valence-corrected chi connectivity index (χ0v) is 47.2. The van der Waals surface area contributed by atoms with E-state index in [9.17, 15) is 55.7 Å². The third-order valence-corrected chi connectivity index (χ3v) is 15.6. The normalized spacial score (nSPS) is 20.0. The first kappa shape index (κ1) is 61.5. The quantitative estimate of drug-likeness (QED) is 0.0683. The highest BCUT2D eigenvalue weighted by molar-refractivity contribution is 6.00. The fraction of sp³-hybridized carbons (Fsp3) is 0.467. The summed E-state index contributed by atoms with van der Waals surface area (Å²) in [5.74, 6) is -15.5. The van der Waals surface area contributed by atoms with E-state index in [0.717, 1.165) is 24.3 Å². The van der Waals surface area contributed by atoms with Gasteiger partial charge in [0.15, 0.2) is 11.6 Å². The Morgan fingerprint density at radius 1 is 0.536 bits per heavy atom. The molecular weight excluding hydrogens is 1120 g/mol. The van der Waals surface area contributed by atoms with Gasteiger partial charge in [-0.05, 0) is 116 Å². The zero-order chi connectivity index (χ0) is 61.4. The molecule has 452 valence electrons. The van der Waals surface area contributed by atoms with Crippen LogP contribution in [0.2, 0.25) is 0 Å². The highest BCUT2D eigenvalue weighted by Crippen LogP contribution is 2.46. The number of para-hydroxylation sites is 2. The van der Waals surface area contributed by atoms with Gasteiger partial charge >= 0.3 is 12.2 Å². The number of hydrogen-bond donors (Lipinski definition) is 4. The van der Waals surface area contributed by atoms with Gasteiger partial charge < -0.3 is 39.5 Å². The molecule has 84 heavy (non-hydrogen) atoms. The zero-order valence-electron chi connectivity index (χ0n) is 47.2. The minimum absolute atomic E-state index is 0.0207. The predicted molar refractivity (Wildman–Crippen MR) is 288 cm³/mol. The number of carbonyl (C=O) groups excluding carboxylic acids is 4. The molecule has 4 N–H and O–H groups in total. The summed E-state index contributed by atoms with van der Waals surface area (Å²) in [6.45, 7) is 8.54. The van der Waals surface area contributed by atoms with Gasteiger partial charge in [0.25, 0.3) is 11.8 Å². The van der Waals surface area contributed by atoms with Gasteiger partial charge in [-0.1, -0.05) is 24.3 Å². The van der Waals surface area contributed by atoms with Crippen LogP contribution in [0.4, 0.5) is 53.5 Å². The number of likely N-dealkylation sites (tertiary alicyclic amines) is 2. The monoisotopic (exact) mass is 1190 g/mol. The number of fused-ring (bicyclic) bond motifs is 6. The summed E-state index contributed by atoms with van der Waals surface area (Å²) in [5.41, 5.74) is -1.56.